The summed E-state index contributed by atoms with van der Waals surface area (Å²) >= 11 is 0. The van der Waals surface area contributed by atoms with Gasteiger partial charge in [0.1, 0.15) is 0 Å². The highest BCUT2D eigenvalue weighted by molar-refractivity contribution is 4.99. The number of rotatable bonds is 7. The first-order valence-corrected chi connectivity index (χ1v) is 7.38. The van der Waals surface area contributed by atoms with E-state index in [4.69, 9.17) is 0 Å². The zero-order valence-electron chi connectivity index (χ0n) is 11.8. The fourth-order valence-corrected chi connectivity index (χ4v) is 2.73. The van der Waals surface area contributed by atoms with Crippen LogP contribution in [0, 0.1) is 5.92 Å². The lowest BCUT2D eigenvalue weighted by Crippen LogP contribution is -2.29. The van der Waals surface area contributed by atoms with E-state index in [0.717, 1.165) is 12.5 Å². The highest BCUT2D eigenvalue weighted by Gasteiger charge is 2.10. The lowest BCUT2D eigenvalue weighted by atomic mass is 9.92. The van der Waals surface area contributed by atoms with E-state index in [2.05, 4.69) is 30.6 Å². The molecule has 0 radical (unpaired) electrons. The molecule has 2 heteroatoms. The van der Waals surface area contributed by atoms with Gasteiger partial charge in [0.2, 0.25) is 0 Å². The molecule has 1 N–H and O–H groups in total. The highest BCUT2D eigenvalue weighted by atomic mass is 15.1. The van der Waals surface area contributed by atoms with Crippen LogP contribution in [0.1, 0.15) is 46.0 Å². The Hall–Kier alpha value is -0.340. The van der Waals surface area contributed by atoms with E-state index in [-0.39, 0.29) is 0 Å². The van der Waals surface area contributed by atoms with Crippen molar-refractivity contribution in [3.05, 3.63) is 12.2 Å². The van der Waals surface area contributed by atoms with Crippen molar-refractivity contribution in [2.24, 2.45) is 5.92 Å². The minimum atomic E-state index is 0.751. The molecule has 0 amide bonds. The molecular weight excluding hydrogens is 208 g/mol. The maximum Gasteiger partial charge on any atom is 0.0107 e. The van der Waals surface area contributed by atoms with E-state index in [1.54, 1.807) is 0 Å². The Bertz CT molecular complexity index is 201. The molecule has 0 saturated carbocycles. The molecule has 0 aliphatic carbocycles. The maximum absolute atomic E-state index is 4.27. The molecule has 0 atom stereocenters. The van der Waals surface area contributed by atoms with Gasteiger partial charge < -0.3 is 10.2 Å². The molecule has 0 bridgehead atoms. The van der Waals surface area contributed by atoms with Crippen LogP contribution in [0.3, 0.4) is 0 Å². The van der Waals surface area contributed by atoms with Gasteiger partial charge in [0.25, 0.3) is 0 Å². The summed E-state index contributed by atoms with van der Waals surface area (Å²) in [5.41, 5.74) is 1.47. The monoisotopic (exact) mass is 238 g/mol. The van der Waals surface area contributed by atoms with Gasteiger partial charge in [0.15, 0.2) is 0 Å². The lowest BCUT2D eigenvalue weighted by Gasteiger charge is -2.21. The Labute approximate surface area is 107 Å². The molecule has 0 unspecified atom stereocenters. The van der Waals surface area contributed by atoms with Crippen LogP contribution in [0.2, 0.25) is 0 Å². The highest BCUT2D eigenvalue weighted by Crippen LogP contribution is 2.21. The second-order valence-corrected chi connectivity index (χ2v) is 5.22. The van der Waals surface area contributed by atoms with E-state index in [9.17, 15) is 0 Å². The van der Waals surface area contributed by atoms with Crippen LogP contribution in [-0.2, 0) is 0 Å². The first kappa shape index (κ1) is 14.7. The van der Waals surface area contributed by atoms with Crippen molar-refractivity contribution in [3.63, 3.8) is 0 Å². The third kappa shape index (κ3) is 5.69. The number of allylic oxidation sites excluding steroid dienone is 1. The van der Waals surface area contributed by atoms with Crippen molar-refractivity contribution < 1.29 is 0 Å². The van der Waals surface area contributed by atoms with Crippen LogP contribution in [0.4, 0.5) is 0 Å². The first-order chi connectivity index (χ1) is 8.27. The summed E-state index contributed by atoms with van der Waals surface area (Å²) in [6.07, 6.45) is 6.31. The number of nitrogens with zero attached hydrogens (tertiary/aromatic N) is 1. The van der Waals surface area contributed by atoms with Crippen LogP contribution in [0.15, 0.2) is 12.2 Å². The lowest BCUT2D eigenvalue weighted by molar-refractivity contribution is 0.287. The predicted octanol–water partition coefficient (Wildman–Crippen LogP) is 3.05. The van der Waals surface area contributed by atoms with Crippen molar-refractivity contribution in [2.45, 2.75) is 46.0 Å². The summed E-state index contributed by atoms with van der Waals surface area (Å²) in [4.78, 5) is 2.60. The fraction of sp³-hybridized carbons (Fsp3) is 0.867. The van der Waals surface area contributed by atoms with E-state index in [0.29, 0.717) is 0 Å². The third-order valence-corrected chi connectivity index (χ3v) is 3.97. The first-order valence-electron chi connectivity index (χ1n) is 7.38. The van der Waals surface area contributed by atoms with Crippen molar-refractivity contribution in [1.29, 1.82) is 0 Å². The van der Waals surface area contributed by atoms with Gasteiger partial charge in [-0.25, -0.2) is 0 Å². The van der Waals surface area contributed by atoms with E-state index >= 15 is 0 Å². The summed E-state index contributed by atoms with van der Waals surface area (Å²) in [7, 11) is 0. The number of nitrogens with one attached hydrogen (secondary N) is 1. The molecule has 0 aromatic heterocycles. The number of hydrogen-bond donors (Lipinski definition) is 1. The fourth-order valence-electron chi connectivity index (χ4n) is 2.73. The summed E-state index contributed by atoms with van der Waals surface area (Å²) in [6.45, 7) is 14.9. The van der Waals surface area contributed by atoms with Crippen molar-refractivity contribution in [2.75, 3.05) is 32.7 Å². The van der Waals surface area contributed by atoms with Gasteiger partial charge in [-0.1, -0.05) is 26.0 Å². The van der Waals surface area contributed by atoms with Gasteiger partial charge in [-0.15, -0.1) is 0 Å². The predicted molar refractivity (Wildman–Crippen MR) is 76.4 cm³/mol. The van der Waals surface area contributed by atoms with Gasteiger partial charge in [0.05, 0.1) is 0 Å². The van der Waals surface area contributed by atoms with E-state index < -0.39 is 0 Å². The topological polar surface area (TPSA) is 15.3 Å². The Morgan fingerprint density at radius 3 is 2.71 bits per heavy atom. The van der Waals surface area contributed by atoms with Gasteiger partial charge in [-0.3, -0.25) is 0 Å². The molecule has 0 aromatic rings. The Balaban J connectivity index is 2.15. The molecule has 17 heavy (non-hydrogen) atoms. The summed E-state index contributed by atoms with van der Waals surface area (Å²) in [5, 5.41) is 3.45. The Morgan fingerprint density at radius 2 is 2.00 bits per heavy atom. The summed E-state index contributed by atoms with van der Waals surface area (Å²) < 4.78 is 0. The second-order valence-electron chi connectivity index (χ2n) is 5.22. The molecule has 1 aliphatic rings. The molecule has 1 fully saturated rings. The van der Waals surface area contributed by atoms with Crippen molar-refractivity contribution >= 4 is 0 Å². The quantitative estimate of drug-likeness (QED) is 0.686. The van der Waals surface area contributed by atoms with Gasteiger partial charge in [0, 0.05) is 13.1 Å². The molecule has 1 rings (SSSR count). The zero-order valence-corrected chi connectivity index (χ0v) is 11.8. The van der Waals surface area contributed by atoms with E-state index in [1.807, 2.05) is 0 Å². The molecule has 0 spiro atoms. The maximum atomic E-state index is 4.27. The molecular formula is C15H30N2. The average Bonchev–Trinajstić information content (AvgIpc) is 2.59. The Morgan fingerprint density at radius 1 is 1.24 bits per heavy atom. The molecule has 1 heterocycles. The summed E-state index contributed by atoms with van der Waals surface area (Å²) in [6, 6.07) is 0. The van der Waals surface area contributed by atoms with Crippen LogP contribution >= 0.6 is 0 Å². The normalized spacial score (nSPS) is 18.3. The molecule has 1 aliphatic heterocycles. The second kappa shape index (κ2) is 8.71. The van der Waals surface area contributed by atoms with Crippen molar-refractivity contribution in [3.8, 4) is 0 Å². The minimum Gasteiger partial charge on any atom is -0.315 e. The van der Waals surface area contributed by atoms with Crippen LogP contribution in [0.5, 0.6) is 0 Å². The Kier molecular flexibility index (Phi) is 7.54. The molecule has 0 aromatic carbocycles. The third-order valence-electron chi connectivity index (χ3n) is 3.97. The van der Waals surface area contributed by atoms with Gasteiger partial charge in [-0.2, -0.15) is 0 Å². The number of hydrogen-bond acceptors (Lipinski definition) is 2. The zero-order chi connectivity index (χ0) is 12.5. The molecule has 100 valence electrons. The van der Waals surface area contributed by atoms with Crippen LogP contribution in [0.25, 0.3) is 0 Å². The largest absolute Gasteiger partial charge is 0.315 e. The average molecular weight is 238 g/mol. The minimum absolute atomic E-state index is 0.751. The van der Waals surface area contributed by atoms with Crippen molar-refractivity contribution in [1.82, 2.24) is 10.2 Å². The van der Waals surface area contributed by atoms with Crippen LogP contribution in [-0.4, -0.2) is 37.6 Å². The summed E-state index contributed by atoms with van der Waals surface area (Å²) in [5.74, 6) is 0.751. The standard InChI is InChI=1S/C15H30N2/c1-4-15(5-2)14(3)8-6-11-17-12-7-9-16-10-13-17/h15-16H,3-13H2,1-2H3. The SMILES string of the molecule is C=C(CCCN1CCCNCC1)C(CC)CC. The van der Waals surface area contributed by atoms with Gasteiger partial charge in [-0.05, 0) is 57.7 Å². The van der Waals surface area contributed by atoms with E-state index in [1.165, 1.54) is 63.9 Å². The smallest absolute Gasteiger partial charge is 0.0107 e. The molecule has 2 nitrogen and oxygen atoms in total. The van der Waals surface area contributed by atoms with Gasteiger partial charge >= 0.3 is 0 Å². The molecule has 1 saturated heterocycles. The van der Waals surface area contributed by atoms with Crippen LogP contribution < -0.4 is 5.32 Å².